The zero-order chi connectivity index (χ0) is 26.5. The maximum Gasteiger partial charge on any atom is 0.243 e. The third kappa shape index (κ3) is 5.44. The molecule has 9 heteroatoms. The second-order valence-corrected chi connectivity index (χ2v) is 9.40. The molecule has 2 fully saturated rings. The van der Waals surface area contributed by atoms with Gasteiger partial charge in [-0.15, -0.1) is 0 Å². The molecular weight excluding hydrogens is 482 g/mol. The van der Waals surface area contributed by atoms with Crippen LogP contribution in [0.15, 0.2) is 66.3 Å². The zero-order valence-electron chi connectivity index (χ0n) is 21.4. The highest BCUT2D eigenvalue weighted by Gasteiger charge is 2.52. The molecule has 3 aromatic rings. The number of carbonyl (C=O) groups is 2. The monoisotopic (exact) mass is 513 g/mol. The van der Waals surface area contributed by atoms with Gasteiger partial charge in [-0.25, -0.2) is 0 Å². The fourth-order valence-electron chi connectivity index (χ4n) is 4.99. The maximum absolute atomic E-state index is 13.4. The first-order valence-corrected chi connectivity index (χ1v) is 12.6. The highest BCUT2D eigenvalue weighted by atomic mass is 16.7. The number of likely N-dealkylation sites (tertiary alicyclic amines) is 1. The predicted molar refractivity (Wildman–Crippen MR) is 144 cm³/mol. The van der Waals surface area contributed by atoms with E-state index in [0.717, 1.165) is 28.1 Å². The maximum atomic E-state index is 13.4. The zero-order valence-corrected chi connectivity index (χ0v) is 21.4. The van der Waals surface area contributed by atoms with Gasteiger partial charge in [0.25, 0.3) is 0 Å². The van der Waals surface area contributed by atoms with Gasteiger partial charge in [0.15, 0.2) is 5.79 Å². The number of nitrogens with zero attached hydrogens (tertiary/aromatic N) is 3. The molecule has 38 heavy (non-hydrogen) atoms. The highest BCUT2D eigenvalue weighted by molar-refractivity contribution is 5.89. The molecular formula is C29H31N5O4. The van der Waals surface area contributed by atoms with Gasteiger partial charge in [-0.2, -0.15) is 0 Å². The summed E-state index contributed by atoms with van der Waals surface area (Å²) in [5, 5.41) is 2.96. The number of nitrogens with one attached hydrogen (secondary N) is 2. The van der Waals surface area contributed by atoms with Crippen molar-refractivity contribution in [3.8, 4) is 11.1 Å². The fraction of sp³-hybridized carbons (Fsp3) is 0.310. The average molecular weight is 514 g/mol. The molecule has 1 unspecified atom stereocenters. The standard InChI is InChI=1S/C29H31N5O4/c1-3-25-22(16-30-2)13-24(33-25)18-32-28(36)26-15-29(37-11-12-38-29)19-34(26)27(35)14-23-10-9-21(17-31-23)20-7-5-4-6-8-20/h3-10,13,16-17,26,33H,1,11-12,14-15,18-19H2,2H3,(H,32,36). The number of hydrogen-bond acceptors (Lipinski definition) is 6. The van der Waals surface area contributed by atoms with Gasteiger partial charge in [0.2, 0.25) is 11.8 Å². The number of aliphatic imine (C=N–C) groups is 1. The van der Waals surface area contributed by atoms with E-state index in [-0.39, 0.29) is 37.7 Å². The number of pyridine rings is 1. The van der Waals surface area contributed by atoms with Crippen LogP contribution in [-0.4, -0.2) is 71.5 Å². The van der Waals surface area contributed by atoms with Crippen LogP contribution < -0.4 is 5.32 Å². The van der Waals surface area contributed by atoms with Crippen molar-refractivity contribution < 1.29 is 19.1 Å². The molecule has 1 atom stereocenters. The molecule has 0 aliphatic carbocycles. The Kier molecular flexibility index (Phi) is 7.48. The minimum atomic E-state index is -0.949. The van der Waals surface area contributed by atoms with Crippen molar-refractivity contribution >= 4 is 24.1 Å². The summed E-state index contributed by atoms with van der Waals surface area (Å²) in [5.41, 5.74) is 5.20. The summed E-state index contributed by atoms with van der Waals surface area (Å²) in [5.74, 6) is -1.41. The molecule has 5 rings (SSSR count). The van der Waals surface area contributed by atoms with Crippen LogP contribution in [0.4, 0.5) is 0 Å². The fourth-order valence-corrected chi connectivity index (χ4v) is 4.99. The Morgan fingerprint density at radius 1 is 1.21 bits per heavy atom. The van der Waals surface area contributed by atoms with E-state index in [0.29, 0.717) is 18.9 Å². The van der Waals surface area contributed by atoms with E-state index >= 15 is 0 Å². The molecule has 2 amide bonds. The average Bonchev–Trinajstić information content (AvgIpc) is 3.67. The minimum Gasteiger partial charge on any atom is -0.357 e. The molecule has 1 spiro atoms. The molecule has 196 valence electrons. The first-order chi connectivity index (χ1) is 18.5. The third-order valence-corrected chi connectivity index (χ3v) is 6.85. The first-order valence-electron chi connectivity index (χ1n) is 12.6. The Hall–Kier alpha value is -4.08. The van der Waals surface area contributed by atoms with Crippen molar-refractivity contribution in [2.24, 2.45) is 4.99 Å². The van der Waals surface area contributed by atoms with Crippen molar-refractivity contribution in [3.05, 3.63) is 84.0 Å². The molecule has 0 bridgehead atoms. The molecule has 2 saturated heterocycles. The minimum absolute atomic E-state index is 0.0773. The number of benzene rings is 1. The first kappa shape index (κ1) is 25.6. The lowest BCUT2D eigenvalue weighted by Gasteiger charge is -2.24. The molecule has 1 aromatic carbocycles. The van der Waals surface area contributed by atoms with Gasteiger partial charge in [-0.1, -0.05) is 43.0 Å². The lowest BCUT2D eigenvalue weighted by Crippen LogP contribution is -2.46. The van der Waals surface area contributed by atoms with E-state index in [2.05, 4.69) is 26.9 Å². The van der Waals surface area contributed by atoms with Crippen molar-refractivity contribution in [3.63, 3.8) is 0 Å². The van der Waals surface area contributed by atoms with Crippen LogP contribution in [0.3, 0.4) is 0 Å². The largest absolute Gasteiger partial charge is 0.357 e. The summed E-state index contributed by atoms with van der Waals surface area (Å²) in [6, 6.07) is 14.9. The highest BCUT2D eigenvalue weighted by Crippen LogP contribution is 2.35. The number of aromatic nitrogens is 2. The molecule has 2 aromatic heterocycles. The van der Waals surface area contributed by atoms with Crippen LogP contribution in [0.5, 0.6) is 0 Å². The van der Waals surface area contributed by atoms with E-state index in [9.17, 15) is 9.59 Å². The van der Waals surface area contributed by atoms with Crippen LogP contribution in [0.2, 0.25) is 0 Å². The summed E-state index contributed by atoms with van der Waals surface area (Å²) >= 11 is 0. The molecule has 2 aliphatic heterocycles. The predicted octanol–water partition coefficient (Wildman–Crippen LogP) is 2.97. The molecule has 2 N–H and O–H groups in total. The Bertz CT molecular complexity index is 1330. The quantitative estimate of drug-likeness (QED) is 0.450. The van der Waals surface area contributed by atoms with Gasteiger partial charge in [0.1, 0.15) is 6.04 Å². The van der Waals surface area contributed by atoms with Crippen LogP contribution in [-0.2, 0) is 32.0 Å². The third-order valence-electron chi connectivity index (χ3n) is 6.85. The summed E-state index contributed by atoms with van der Waals surface area (Å²) in [6.07, 6.45) is 5.56. The summed E-state index contributed by atoms with van der Waals surface area (Å²) in [4.78, 5) is 40.1. The van der Waals surface area contributed by atoms with E-state index in [1.807, 2.05) is 48.5 Å². The number of aromatic amines is 1. The molecule has 0 radical (unpaired) electrons. The summed E-state index contributed by atoms with van der Waals surface area (Å²) < 4.78 is 11.7. The number of ether oxygens (including phenoxy) is 2. The van der Waals surface area contributed by atoms with Gasteiger partial charge in [0, 0.05) is 54.1 Å². The number of rotatable bonds is 8. The van der Waals surface area contributed by atoms with Gasteiger partial charge in [0.05, 0.1) is 32.7 Å². The number of carbonyl (C=O) groups excluding carboxylic acids is 2. The van der Waals surface area contributed by atoms with E-state index in [4.69, 9.17) is 9.47 Å². The van der Waals surface area contributed by atoms with E-state index in [1.165, 1.54) is 0 Å². The molecule has 2 aliphatic rings. The normalized spacial score (nSPS) is 18.3. The van der Waals surface area contributed by atoms with Crippen molar-refractivity contribution in [2.45, 2.75) is 31.2 Å². The van der Waals surface area contributed by atoms with Crippen molar-refractivity contribution in [1.29, 1.82) is 0 Å². The summed E-state index contributed by atoms with van der Waals surface area (Å²) in [7, 11) is 1.70. The topological polar surface area (TPSA) is 109 Å². The van der Waals surface area contributed by atoms with Crippen LogP contribution >= 0.6 is 0 Å². The van der Waals surface area contributed by atoms with Gasteiger partial charge >= 0.3 is 0 Å². The lowest BCUT2D eigenvalue weighted by atomic mass is 10.1. The Balaban J connectivity index is 1.28. The van der Waals surface area contributed by atoms with Crippen LogP contribution in [0.25, 0.3) is 17.2 Å². The van der Waals surface area contributed by atoms with Crippen molar-refractivity contribution in [2.75, 3.05) is 26.8 Å². The summed E-state index contributed by atoms with van der Waals surface area (Å²) in [6.45, 7) is 5.16. The number of amides is 2. The van der Waals surface area contributed by atoms with Crippen LogP contribution in [0.1, 0.15) is 29.1 Å². The molecule has 0 saturated carbocycles. The second-order valence-electron chi connectivity index (χ2n) is 9.40. The Morgan fingerprint density at radius 3 is 2.68 bits per heavy atom. The smallest absolute Gasteiger partial charge is 0.243 e. The van der Waals surface area contributed by atoms with Crippen LogP contribution in [0, 0.1) is 0 Å². The van der Waals surface area contributed by atoms with Gasteiger partial charge in [-0.05, 0) is 23.8 Å². The second kappa shape index (κ2) is 11.1. The van der Waals surface area contributed by atoms with E-state index < -0.39 is 11.8 Å². The Morgan fingerprint density at radius 2 is 2.00 bits per heavy atom. The SMILES string of the molecule is C=Cc1[nH]c(CNC(=O)C2CC3(CN2C(=O)Cc2ccc(-c4ccccc4)cn2)OCCO3)cc1C=NC. The molecule has 4 heterocycles. The van der Waals surface area contributed by atoms with Gasteiger partial charge < -0.3 is 24.7 Å². The lowest BCUT2D eigenvalue weighted by molar-refractivity contribution is -0.152. The van der Waals surface area contributed by atoms with Gasteiger partial charge in [-0.3, -0.25) is 19.6 Å². The van der Waals surface area contributed by atoms with E-state index in [1.54, 1.807) is 30.4 Å². The number of H-pyrrole nitrogens is 1. The molecule has 9 nitrogen and oxygen atoms in total. The Labute approximate surface area is 221 Å². The number of hydrogen-bond donors (Lipinski definition) is 2. The van der Waals surface area contributed by atoms with Crippen molar-refractivity contribution in [1.82, 2.24) is 20.2 Å².